The van der Waals surface area contributed by atoms with E-state index in [9.17, 15) is 10.1 Å². The summed E-state index contributed by atoms with van der Waals surface area (Å²) in [6.45, 7) is 4.41. The predicted octanol–water partition coefficient (Wildman–Crippen LogP) is 4.30. The van der Waals surface area contributed by atoms with E-state index in [1.54, 1.807) is 31.2 Å². The van der Waals surface area contributed by atoms with E-state index >= 15 is 0 Å². The number of amides is 1. The Kier molecular flexibility index (Phi) is 7.49. The molecule has 0 spiro atoms. The third kappa shape index (κ3) is 6.12. The molecule has 0 aliphatic heterocycles. The fourth-order valence-corrected chi connectivity index (χ4v) is 2.76. The number of carbonyl (C=O) groups excluding carboxylic acids is 1. The Morgan fingerprint density at radius 1 is 1.09 bits per heavy atom. The van der Waals surface area contributed by atoms with Crippen molar-refractivity contribution in [3.8, 4) is 23.3 Å². The van der Waals surface area contributed by atoms with Crippen molar-refractivity contribution in [2.75, 3.05) is 25.6 Å². The monoisotopic (exact) mass is 433 g/mol. The summed E-state index contributed by atoms with van der Waals surface area (Å²) in [4.78, 5) is 12.3. The predicted molar refractivity (Wildman–Crippen MR) is 119 cm³/mol. The molecule has 8 nitrogen and oxygen atoms in total. The first kappa shape index (κ1) is 22.4. The van der Waals surface area contributed by atoms with Gasteiger partial charge in [-0.25, -0.2) is 0 Å². The van der Waals surface area contributed by atoms with Crippen LogP contribution in [0.1, 0.15) is 16.9 Å². The fourth-order valence-electron chi connectivity index (χ4n) is 2.76. The van der Waals surface area contributed by atoms with Crippen molar-refractivity contribution in [3.05, 3.63) is 71.0 Å². The van der Waals surface area contributed by atoms with Crippen LogP contribution in [0.2, 0.25) is 0 Å². The molecule has 3 rings (SSSR count). The van der Waals surface area contributed by atoms with E-state index in [0.717, 1.165) is 11.3 Å². The van der Waals surface area contributed by atoms with Gasteiger partial charge in [0.2, 0.25) is 0 Å². The van der Waals surface area contributed by atoms with Crippen molar-refractivity contribution >= 4 is 17.8 Å². The van der Waals surface area contributed by atoms with E-state index in [-0.39, 0.29) is 11.4 Å². The van der Waals surface area contributed by atoms with Gasteiger partial charge in [-0.05, 0) is 49.8 Å². The third-order valence-electron chi connectivity index (χ3n) is 4.36. The molecule has 2 aromatic carbocycles. The highest BCUT2D eigenvalue weighted by Crippen LogP contribution is 2.29. The van der Waals surface area contributed by atoms with Gasteiger partial charge in [0, 0.05) is 6.07 Å². The minimum absolute atomic E-state index is 0.0899. The molecule has 0 aliphatic carbocycles. The van der Waals surface area contributed by atoms with E-state index < -0.39 is 5.91 Å². The number of carbonyl (C=O) groups is 1. The van der Waals surface area contributed by atoms with Gasteiger partial charge in [0.05, 0.1) is 7.11 Å². The van der Waals surface area contributed by atoms with Gasteiger partial charge in [-0.2, -0.15) is 5.26 Å². The molecule has 0 unspecified atom stereocenters. The van der Waals surface area contributed by atoms with E-state index in [0.29, 0.717) is 36.0 Å². The molecule has 0 aliphatic rings. The number of anilines is 1. The van der Waals surface area contributed by atoms with Gasteiger partial charge in [0.1, 0.15) is 36.4 Å². The molecular weight excluding hydrogens is 410 g/mol. The molecule has 32 heavy (non-hydrogen) atoms. The second-order valence-corrected chi connectivity index (χ2v) is 6.87. The summed E-state index contributed by atoms with van der Waals surface area (Å²) >= 11 is 0. The Labute approximate surface area is 186 Å². The van der Waals surface area contributed by atoms with Crippen LogP contribution in [0.3, 0.4) is 0 Å². The summed E-state index contributed by atoms with van der Waals surface area (Å²) in [5.41, 5.74) is 1.68. The largest absolute Gasteiger partial charge is 0.493 e. The minimum Gasteiger partial charge on any atom is -0.493 e. The number of nitrogens with one attached hydrogen (secondary N) is 1. The zero-order chi connectivity index (χ0) is 22.9. The van der Waals surface area contributed by atoms with Crippen LogP contribution in [-0.4, -0.2) is 31.4 Å². The third-order valence-corrected chi connectivity index (χ3v) is 4.36. The Balaban J connectivity index is 1.62. The van der Waals surface area contributed by atoms with E-state index in [1.807, 2.05) is 37.3 Å². The summed E-state index contributed by atoms with van der Waals surface area (Å²) in [6.07, 6.45) is 1.45. The van der Waals surface area contributed by atoms with Gasteiger partial charge < -0.3 is 24.1 Å². The van der Waals surface area contributed by atoms with Crippen LogP contribution in [-0.2, 0) is 4.79 Å². The van der Waals surface area contributed by atoms with Gasteiger partial charge in [0.25, 0.3) is 5.91 Å². The van der Waals surface area contributed by atoms with Gasteiger partial charge in [-0.1, -0.05) is 28.9 Å². The molecule has 0 bridgehead atoms. The highest BCUT2D eigenvalue weighted by atomic mass is 16.5. The zero-order valence-electron chi connectivity index (χ0n) is 18.0. The molecule has 164 valence electrons. The molecule has 0 saturated heterocycles. The molecule has 3 aromatic rings. The molecule has 1 heterocycles. The van der Waals surface area contributed by atoms with Crippen LogP contribution in [0.4, 0.5) is 5.82 Å². The molecule has 1 aromatic heterocycles. The SMILES string of the molecule is COc1cc(/C=C(/C#N)C(=O)Nc2cc(C)on2)ccc1OCCOc1ccc(C)cc1. The first-order chi connectivity index (χ1) is 15.5. The molecule has 0 atom stereocenters. The van der Waals surface area contributed by atoms with Crippen molar-refractivity contribution < 1.29 is 23.5 Å². The Morgan fingerprint density at radius 2 is 1.84 bits per heavy atom. The number of nitrogens with zero attached hydrogens (tertiary/aromatic N) is 2. The lowest BCUT2D eigenvalue weighted by atomic mass is 10.1. The lowest BCUT2D eigenvalue weighted by Gasteiger charge is -2.12. The maximum absolute atomic E-state index is 12.3. The molecule has 0 fully saturated rings. The Bertz CT molecular complexity index is 1140. The van der Waals surface area contributed by atoms with Gasteiger partial charge in [-0.15, -0.1) is 0 Å². The van der Waals surface area contributed by atoms with Crippen LogP contribution in [0.5, 0.6) is 17.2 Å². The Hall–Kier alpha value is -4.25. The average molecular weight is 433 g/mol. The molecule has 0 saturated carbocycles. The highest BCUT2D eigenvalue weighted by Gasteiger charge is 2.13. The van der Waals surface area contributed by atoms with Gasteiger partial charge >= 0.3 is 0 Å². The van der Waals surface area contributed by atoms with Crippen molar-refractivity contribution in [1.82, 2.24) is 5.16 Å². The number of hydrogen-bond donors (Lipinski definition) is 1. The van der Waals surface area contributed by atoms with Crippen LogP contribution >= 0.6 is 0 Å². The number of methoxy groups -OCH3 is 1. The van der Waals surface area contributed by atoms with Crippen molar-refractivity contribution in [1.29, 1.82) is 5.26 Å². The second-order valence-electron chi connectivity index (χ2n) is 6.87. The minimum atomic E-state index is -0.589. The number of rotatable bonds is 9. The first-order valence-electron chi connectivity index (χ1n) is 9.85. The van der Waals surface area contributed by atoms with Crippen LogP contribution in [0, 0.1) is 25.2 Å². The topological polar surface area (TPSA) is 107 Å². The number of benzene rings is 2. The maximum atomic E-state index is 12.3. The van der Waals surface area contributed by atoms with E-state index in [2.05, 4.69) is 10.5 Å². The van der Waals surface area contributed by atoms with Crippen molar-refractivity contribution in [2.24, 2.45) is 0 Å². The number of aryl methyl sites for hydroxylation is 2. The van der Waals surface area contributed by atoms with Crippen molar-refractivity contribution in [3.63, 3.8) is 0 Å². The fraction of sp³-hybridized carbons (Fsp3) is 0.208. The van der Waals surface area contributed by atoms with Crippen LogP contribution in [0.25, 0.3) is 6.08 Å². The smallest absolute Gasteiger partial charge is 0.267 e. The summed E-state index contributed by atoms with van der Waals surface area (Å²) < 4.78 is 21.7. The normalized spacial score (nSPS) is 10.9. The molecule has 1 amide bonds. The number of aromatic nitrogens is 1. The maximum Gasteiger partial charge on any atom is 0.267 e. The van der Waals surface area contributed by atoms with E-state index in [4.69, 9.17) is 18.7 Å². The highest BCUT2D eigenvalue weighted by molar-refractivity contribution is 6.09. The Morgan fingerprint density at radius 3 is 2.50 bits per heavy atom. The number of hydrogen-bond acceptors (Lipinski definition) is 7. The van der Waals surface area contributed by atoms with E-state index in [1.165, 1.54) is 13.2 Å². The summed E-state index contributed by atoms with van der Waals surface area (Å²) in [7, 11) is 1.52. The average Bonchev–Trinajstić information content (AvgIpc) is 3.21. The molecule has 8 heteroatoms. The molecular formula is C24H23N3O5. The standard InChI is InChI=1S/C24H23N3O5/c1-16-4-7-20(8-5-16)30-10-11-31-21-9-6-18(14-22(21)29-3)13-19(15-25)24(28)26-23-12-17(2)32-27-23/h4-9,12-14H,10-11H2,1-3H3,(H,26,27,28)/b19-13-. The first-order valence-corrected chi connectivity index (χ1v) is 9.85. The summed E-state index contributed by atoms with van der Waals surface area (Å²) in [5, 5.41) is 15.6. The second kappa shape index (κ2) is 10.7. The van der Waals surface area contributed by atoms with Gasteiger partial charge in [-0.3, -0.25) is 4.79 Å². The zero-order valence-corrected chi connectivity index (χ0v) is 18.0. The number of nitriles is 1. The molecule has 0 radical (unpaired) electrons. The van der Waals surface area contributed by atoms with Crippen LogP contribution < -0.4 is 19.5 Å². The van der Waals surface area contributed by atoms with Gasteiger partial charge in [0.15, 0.2) is 17.3 Å². The van der Waals surface area contributed by atoms with Crippen molar-refractivity contribution in [2.45, 2.75) is 13.8 Å². The summed E-state index contributed by atoms with van der Waals surface area (Å²) in [5.74, 6) is 1.97. The lowest BCUT2D eigenvalue weighted by molar-refractivity contribution is -0.112. The molecule has 1 N–H and O–H groups in total. The summed E-state index contributed by atoms with van der Waals surface area (Å²) in [6, 6.07) is 16.3. The quantitative estimate of drug-likeness (QED) is 0.304. The van der Waals surface area contributed by atoms with Crippen LogP contribution in [0.15, 0.2) is 58.6 Å². The lowest BCUT2D eigenvalue weighted by Crippen LogP contribution is -2.13. The number of ether oxygens (including phenoxy) is 3.